The van der Waals surface area contributed by atoms with Gasteiger partial charge in [-0.1, -0.05) is 0 Å². The van der Waals surface area contributed by atoms with Crippen molar-refractivity contribution in [3.8, 4) is 0 Å². The molecule has 17 heavy (non-hydrogen) atoms. The molecular weight excluding hydrogens is 331 g/mol. The monoisotopic (exact) mass is 356 g/mol. The summed E-state index contributed by atoms with van der Waals surface area (Å²) in [5.41, 5.74) is 0. The molecule has 5 nitrogen and oxygen atoms in total. The van der Waals surface area contributed by atoms with E-state index in [0.29, 0.717) is 6.61 Å². The van der Waals surface area contributed by atoms with Crippen molar-refractivity contribution in [1.82, 2.24) is 15.5 Å². The van der Waals surface area contributed by atoms with E-state index in [9.17, 15) is 0 Å². The van der Waals surface area contributed by atoms with Gasteiger partial charge in [-0.2, -0.15) is 0 Å². The number of methoxy groups -OCH3 is 1. The van der Waals surface area contributed by atoms with Crippen LogP contribution >= 0.6 is 24.0 Å². The molecule has 1 fully saturated rings. The maximum Gasteiger partial charge on any atom is 0.191 e. The van der Waals surface area contributed by atoms with E-state index in [1.54, 1.807) is 14.2 Å². The first kappa shape index (κ1) is 16.9. The highest BCUT2D eigenvalue weighted by atomic mass is 127. The van der Waals surface area contributed by atoms with Crippen molar-refractivity contribution in [3.05, 3.63) is 0 Å². The smallest absolute Gasteiger partial charge is 0.191 e. The number of hydrogen-bond acceptors (Lipinski definition) is 3. The van der Waals surface area contributed by atoms with Crippen LogP contribution in [0.25, 0.3) is 0 Å². The lowest BCUT2D eigenvalue weighted by Crippen LogP contribution is -2.41. The number of ether oxygens (including phenoxy) is 1. The molecule has 1 atom stereocenters. The Morgan fingerprint density at radius 2 is 2.24 bits per heavy atom. The SMILES string of the molecule is CN=C(NCCOC)NCC1CCN(C)C1.I. The molecule has 0 aromatic heterocycles. The molecule has 0 aliphatic carbocycles. The fourth-order valence-corrected chi connectivity index (χ4v) is 1.93. The average molecular weight is 356 g/mol. The number of nitrogens with zero attached hydrogens (tertiary/aromatic N) is 2. The van der Waals surface area contributed by atoms with Gasteiger partial charge in [0.15, 0.2) is 5.96 Å². The summed E-state index contributed by atoms with van der Waals surface area (Å²) in [7, 11) is 5.67. The standard InChI is InChI=1S/C11H24N4O.HI/c1-12-11(13-5-7-16-3)14-8-10-4-6-15(2)9-10;/h10H,4-9H2,1-3H3,(H2,12,13,14);1H. The van der Waals surface area contributed by atoms with Crippen molar-refractivity contribution in [2.45, 2.75) is 6.42 Å². The average Bonchev–Trinajstić information content (AvgIpc) is 2.69. The molecule has 1 rings (SSSR count). The maximum atomic E-state index is 4.98. The van der Waals surface area contributed by atoms with E-state index in [1.165, 1.54) is 19.5 Å². The molecule has 6 heteroatoms. The van der Waals surface area contributed by atoms with Crippen LogP contribution in [0.5, 0.6) is 0 Å². The van der Waals surface area contributed by atoms with E-state index in [2.05, 4.69) is 27.6 Å². The van der Waals surface area contributed by atoms with E-state index in [1.807, 2.05) is 0 Å². The van der Waals surface area contributed by atoms with Crippen LogP contribution in [-0.2, 0) is 4.74 Å². The molecule has 1 unspecified atom stereocenters. The number of hydrogen-bond donors (Lipinski definition) is 2. The van der Waals surface area contributed by atoms with E-state index >= 15 is 0 Å². The van der Waals surface area contributed by atoms with Gasteiger partial charge in [0, 0.05) is 33.8 Å². The van der Waals surface area contributed by atoms with Crippen LogP contribution in [0.15, 0.2) is 4.99 Å². The lowest BCUT2D eigenvalue weighted by atomic mass is 10.1. The lowest BCUT2D eigenvalue weighted by Gasteiger charge is -2.15. The van der Waals surface area contributed by atoms with Crippen molar-refractivity contribution in [2.24, 2.45) is 10.9 Å². The van der Waals surface area contributed by atoms with Crippen molar-refractivity contribution in [2.75, 3.05) is 54.0 Å². The first-order valence-corrected chi connectivity index (χ1v) is 5.88. The number of likely N-dealkylation sites (tertiary alicyclic amines) is 1. The van der Waals surface area contributed by atoms with Gasteiger partial charge >= 0.3 is 0 Å². The van der Waals surface area contributed by atoms with Gasteiger partial charge in [0.2, 0.25) is 0 Å². The Balaban J connectivity index is 0.00000256. The quantitative estimate of drug-likeness (QED) is 0.323. The van der Waals surface area contributed by atoms with Gasteiger partial charge in [0.1, 0.15) is 0 Å². The molecule has 1 aliphatic heterocycles. The van der Waals surface area contributed by atoms with Crippen LogP contribution in [0.3, 0.4) is 0 Å². The Morgan fingerprint density at radius 1 is 1.47 bits per heavy atom. The molecule has 0 bridgehead atoms. The number of guanidine groups is 1. The van der Waals surface area contributed by atoms with Gasteiger partial charge in [0.05, 0.1) is 6.61 Å². The Labute approximate surface area is 121 Å². The molecule has 0 aromatic rings. The summed E-state index contributed by atoms with van der Waals surface area (Å²) in [4.78, 5) is 6.53. The number of nitrogens with one attached hydrogen (secondary N) is 2. The number of rotatable bonds is 5. The largest absolute Gasteiger partial charge is 0.383 e. The van der Waals surface area contributed by atoms with Gasteiger partial charge in [-0.15, -0.1) is 24.0 Å². The van der Waals surface area contributed by atoms with Gasteiger partial charge in [-0.05, 0) is 25.9 Å². The summed E-state index contributed by atoms with van der Waals surface area (Å²) >= 11 is 0. The van der Waals surface area contributed by atoms with Gasteiger partial charge in [-0.25, -0.2) is 0 Å². The zero-order valence-corrected chi connectivity index (χ0v) is 13.4. The van der Waals surface area contributed by atoms with Gasteiger partial charge < -0.3 is 20.3 Å². The summed E-state index contributed by atoms with van der Waals surface area (Å²) in [5.74, 6) is 1.61. The zero-order chi connectivity index (χ0) is 11.8. The van der Waals surface area contributed by atoms with Crippen LogP contribution < -0.4 is 10.6 Å². The van der Waals surface area contributed by atoms with Crippen molar-refractivity contribution in [1.29, 1.82) is 0 Å². The van der Waals surface area contributed by atoms with E-state index < -0.39 is 0 Å². The molecule has 1 aliphatic rings. The molecule has 0 amide bonds. The Morgan fingerprint density at radius 3 is 2.76 bits per heavy atom. The Hall–Kier alpha value is -0.0800. The van der Waals surface area contributed by atoms with Crippen LogP contribution in [0.1, 0.15) is 6.42 Å². The van der Waals surface area contributed by atoms with Crippen molar-refractivity contribution < 1.29 is 4.74 Å². The summed E-state index contributed by atoms with van der Waals surface area (Å²) in [6.07, 6.45) is 1.28. The fraction of sp³-hybridized carbons (Fsp3) is 0.909. The molecule has 0 aromatic carbocycles. The Bertz CT molecular complexity index is 226. The first-order valence-electron chi connectivity index (χ1n) is 5.88. The first-order chi connectivity index (χ1) is 7.76. The van der Waals surface area contributed by atoms with Gasteiger partial charge in [0.25, 0.3) is 0 Å². The van der Waals surface area contributed by atoms with Crippen molar-refractivity contribution >= 4 is 29.9 Å². The highest BCUT2D eigenvalue weighted by Crippen LogP contribution is 2.12. The number of aliphatic imine (C=N–C) groups is 1. The zero-order valence-electron chi connectivity index (χ0n) is 11.0. The molecule has 102 valence electrons. The summed E-state index contributed by atoms with van der Waals surface area (Å²) in [5, 5.41) is 6.55. The van der Waals surface area contributed by atoms with Crippen LogP contribution in [0, 0.1) is 5.92 Å². The van der Waals surface area contributed by atoms with E-state index in [4.69, 9.17) is 4.74 Å². The van der Waals surface area contributed by atoms with Crippen molar-refractivity contribution in [3.63, 3.8) is 0 Å². The van der Waals surface area contributed by atoms with E-state index in [-0.39, 0.29) is 24.0 Å². The third kappa shape index (κ3) is 7.05. The summed E-state index contributed by atoms with van der Waals surface area (Å²) in [6, 6.07) is 0. The summed E-state index contributed by atoms with van der Waals surface area (Å²) in [6.45, 7) is 4.88. The topological polar surface area (TPSA) is 48.9 Å². The normalized spacial score (nSPS) is 21.1. The minimum absolute atomic E-state index is 0. The van der Waals surface area contributed by atoms with Crippen LogP contribution in [0.4, 0.5) is 0 Å². The molecule has 1 saturated heterocycles. The minimum Gasteiger partial charge on any atom is -0.383 e. The van der Waals surface area contributed by atoms with Gasteiger partial charge in [-0.3, -0.25) is 4.99 Å². The number of halogens is 1. The fourth-order valence-electron chi connectivity index (χ4n) is 1.93. The second-order valence-corrected chi connectivity index (χ2v) is 4.29. The van der Waals surface area contributed by atoms with Crippen LogP contribution in [0.2, 0.25) is 0 Å². The Kier molecular flexibility index (Phi) is 9.85. The lowest BCUT2D eigenvalue weighted by molar-refractivity contribution is 0.203. The highest BCUT2D eigenvalue weighted by Gasteiger charge is 2.19. The molecule has 0 spiro atoms. The minimum atomic E-state index is 0. The molecule has 0 saturated carbocycles. The molecule has 1 heterocycles. The predicted molar refractivity (Wildman–Crippen MR) is 82.3 cm³/mol. The van der Waals surface area contributed by atoms with Crippen LogP contribution in [-0.4, -0.2) is 64.9 Å². The molecule has 2 N–H and O–H groups in total. The molecule has 0 radical (unpaired) electrons. The second-order valence-electron chi connectivity index (χ2n) is 4.29. The third-order valence-corrected chi connectivity index (χ3v) is 2.87. The predicted octanol–water partition coefficient (Wildman–Crippen LogP) is 0.368. The second kappa shape index (κ2) is 9.90. The van der Waals surface area contributed by atoms with E-state index in [0.717, 1.165) is 25.0 Å². The molecular formula is C11H25IN4O. The highest BCUT2D eigenvalue weighted by molar-refractivity contribution is 14.0. The maximum absolute atomic E-state index is 4.98. The third-order valence-electron chi connectivity index (χ3n) is 2.87. The summed E-state index contributed by atoms with van der Waals surface area (Å²) < 4.78 is 4.98.